The molecule has 2 rings (SSSR count). The van der Waals surface area contributed by atoms with Gasteiger partial charge in [0.2, 0.25) is 5.91 Å². The first-order valence-electron chi connectivity index (χ1n) is 6.69. The minimum atomic E-state index is -0.348. The van der Waals surface area contributed by atoms with Crippen molar-refractivity contribution in [2.24, 2.45) is 5.92 Å². The quantitative estimate of drug-likeness (QED) is 0.686. The molecule has 1 aliphatic rings. The van der Waals surface area contributed by atoms with Crippen molar-refractivity contribution in [3.8, 4) is 0 Å². The molecule has 0 saturated carbocycles. The van der Waals surface area contributed by atoms with Crippen LogP contribution in [0.25, 0.3) is 0 Å². The van der Waals surface area contributed by atoms with E-state index in [1.807, 2.05) is 24.3 Å². The number of hydrogen-bond acceptors (Lipinski definition) is 4. The third-order valence-corrected chi connectivity index (χ3v) is 4.54. The molecule has 1 aliphatic heterocycles. The van der Waals surface area contributed by atoms with Gasteiger partial charge in [-0.1, -0.05) is 11.6 Å². The smallest absolute Gasteiger partial charge is 0.220 e. The van der Waals surface area contributed by atoms with Crippen LogP contribution in [0.4, 0.5) is 0 Å². The molecular weight excluding hydrogens is 331 g/mol. The molecule has 118 valence electrons. The van der Waals surface area contributed by atoms with E-state index in [4.69, 9.17) is 11.6 Å². The summed E-state index contributed by atoms with van der Waals surface area (Å²) in [5, 5.41) is 16.3. The summed E-state index contributed by atoms with van der Waals surface area (Å²) in [5.41, 5.74) is 0. The van der Waals surface area contributed by atoms with Crippen LogP contribution in [0, 0.1) is 5.92 Å². The van der Waals surface area contributed by atoms with Gasteiger partial charge in [-0.3, -0.25) is 4.79 Å². The highest BCUT2D eigenvalue weighted by atomic mass is 35.5. The Morgan fingerprint density at radius 1 is 1.38 bits per heavy atom. The lowest BCUT2D eigenvalue weighted by Crippen LogP contribution is -2.34. The van der Waals surface area contributed by atoms with Gasteiger partial charge in [-0.25, -0.2) is 0 Å². The Bertz CT molecular complexity index is 445. The Balaban J connectivity index is 0.00000220. The highest BCUT2D eigenvalue weighted by Crippen LogP contribution is 2.20. The standard InChI is InChI=1S/C14H19ClN2O2S.ClH/c15-11-1-3-12(4-2-11)20-6-5-14(19)17-8-10-7-16-9-13(10)18;/h1-4,10,13,16,18H,5-9H2,(H,17,19);1H. The normalized spacial score (nSPS) is 20.9. The average molecular weight is 351 g/mol. The van der Waals surface area contributed by atoms with Crippen molar-refractivity contribution in [2.75, 3.05) is 25.4 Å². The van der Waals surface area contributed by atoms with E-state index < -0.39 is 0 Å². The molecule has 4 nitrogen and oxygen atoms in total. The molecule has 7 heteroatoms. The third-order valence-electron chi connectivity index (χ3n) is 3.28. The first-order chi connectivity index (χ1) is 9.65. The maximum Gasteiger partial charge on any atom is 0.220 e. The van der Waals surface area contributed by atoms with Crippen LogP contribution in [0.15, 0.2) is 29.2 Å². The second-order valence-electron chi connectivity index (χ2n) is 4.84. The van der Waals surface area contributed by atoms with Gasteiger partial charge in [0, 0.05) is 47.6 Å². The Morgan fingerprint density at radius 2 is 2.10 bits per heavy atom. The number of rotatable bonds is 6. The van der Waals surface area contributed by atoms with Gasteiger partial charge in [-0.15, -0.1) is 24.2 Å². The van der Waals surface area contributed by atoms with E-state index in [9.17, 15) is 9.90 Å². The fourth-order valence-corrected chi connectivity index (χ4v) is 3.03. The summed E-state index contributed by atoms with van der Waals surface area (Å²) in [6, 6.07) is 7.59. The van der Waals surface area contributed by atoms with Crippen LogP contribution >= 0.6 is 35.8 Å². The third kappa shape index (κ3) is 6.45. The van der Waals surface area contributed by atoms with Crippen LogP contribution < -0.4 is 10.6 Å². The maximum atomic E-state index is 11.7. The van der Waals surface area contributed by atoms with Crippen LogP contribution in [-0.4, -0.2) is 42.5 Å². The predicted octanol–water partition coefficient (Wildman–Crippen LogP) is 1.94. The van der Waals surface area contributed by atoms with Gasteiger partial charge in [-0.2, -0.15) is 0 Å². The van der Waals surface area contributed by atoms with Crippen LogP contribution in [0.5, 0.6) is 0 Å². The predicted molar refractivity (Wildman–Crippen MR) is 89.4 cm³/mol. The lowest BCUT2D eigenvalue weighted by molar-refractivity contribution is -0.120. The van der Waals surface area contributed by atoms with Crippen molar-refractivity contribution in [1.29, 1.82) is 0 Å². The molecule has 2 atom stereocenters. The number of amides is 1. The van der Waals surface area contributed by atoms with Gasteiger partial charge in [0.15, 0.2) is 0 Å². The first-order valence-corrected chi connectivity index (χ1v) is 8.05. The number of carbonyl (C=O) groups is 1. The minimum absolute atomic E-state index is 0. The summed E-state index contributed by atoms with van der Waals surface area (Å²) in [6.07, 6.45) is 0.127. The number of hydrogen-bond donors (Lipinski definition) is 3. The number of halogens is 2. The Labute approximate surface area is 140 Å². The molecule has 0 spiro atoms. The zero-order valence-electron chi connectivity index (χ0n) is 11.5. The summed E-state index contributed by atoms with van der Waals surface area (Å²) >= 11 is 7.45. The van der Waals surface area contributed by atoms with Crippen molar-refractivity contribution in [2.45, 2.75) is 17.4 Å². The fourth-order valence-electron chi connectivity index (χ4n) is 2.05. The van der Waals surface area contributed by atoms with E-state index in [0.717, 1.165) is 22.2 Å². The van der Waals surface area contributed by atoms with E-state index in [0.29, 0.717) is 19.5 Å². The number of nitrogens with one attached hydrogen (secondary N) is 2. The number of benzene rings is 1. The zero-order chi connectivity index (χ0) is 14.4. The molecule has 1 aromatic carbocycles. The first kappa shape index (κ1) is 18.6. The van der Waals surface area contributed by atoms with Crippen LogP contribution in [0.3, 0.4) is 0 Å². The second-order valence-corrected chi connectivity index (χ2v) is 6.45. The molecule has 1 amide bonds. The molecule has 1 heterocycles. The molecule has 3 N–H and O–H groups in total. The zero-order valence-corrected chi connectivity index (χ0v) is 13.9. The van der Waals surface area contributed by atoms with Gasteiger partial charge >= 0.3 is 0 Å². The van der Waals surface area contributed by atoms with Gasteiger partial charge in [0.05, 0.1) is 6.10 Å². The number of carbonyl (C=O) groups excluding carboxylic acids is 1. The van der Waals surface area contributed by atoms with E-state index >= 15 is 0 Å². The fraction of sp³-hybridized carbons (Fsp3) is 0.500. The molecular formula is C14H20Cl2N2O2S. The van der Waals surface area contributed by atoms with Crippen LogP contribution in [0.2, 0.25) is 5.02 Å². The van der Waals surface area contributed by atoms with E-state index in [1.165, 1.54) is 0 Å². The number of β-amino-alcohol motifs (C(OH)–C–C–N with tert-alkyl or cyclic N) is 1. The monoisotopic (exact) mass is 350 g/mol. The highest BCUT2D eigenvalue weighted by Gasteiger charge is 2.24. The molecule has 2 unspecified atom stereocenters. The second kappa shape index (κ2) is 9.54. The van der Waals surface area contributed by atoms with Crippen molar-refractivity contribution in [1.82, 2.24) is 10.6 Å². The Morgan fingerprint density at radius 3 is 2.71 bits per heavy atom. The van der Waals surface area contributed by atoms with Crippen molar-refractivity contribution in [3.05, 3.63) is 29.3 Å². The minimum Gasteiger partial charge on any atom is -0.391 e. The molecule has 0 aromatic heterocycles. The summed E-state index contributed by atoms with van der Waals surface area (Å²) in [4.78, 5) is 12.8. The molecule has 1 saturated heterocycles. The van der Waals surface area contributed by atoms with Crippen molar-refractivity contribution in [3.63, 3.8) is 0 Å². The number of aliphatic hydroxyl groups excluding tert-OH is 1. The van der Waals surface area contributed by atoms with Gasteiger partial charge in [0.25, 0.3) is 0 Å². The van der Waals surface area contributed by atoms with Crippen LogP contribution in [0.1, 0.15) is 6.42 Å². The molecule has 1 aromatic rings. The van der Waals surface area contributed by atoms with Gasteiger partial charge in [-0.05, 0) is 24.3 Å². The lowest BCUT2D eigenvalue weighted by Gasteiger charge is -2.13. The van der Waals surface area contributed by atoms with Crippen LogP contribution in [-0.2, 0) is 4.79 Å². The Kier molecular flexibility index (Phi) is 8.44. The lowest BCUT2D eigenvalue weighted by atomic mass is 10.1. The molecule has 0 aliphatic carbocycles. The van der Waals surface area contributed by atoms with Gasteiger partial charge in [0.1, 0.15) is 0 Å². The Hall–Kier alpha value is -0.460. The van der Waals surface area contributed by atoms with Gasteiger partial charge < -0.3 is 15.7 Å². The SMILES string of the molecule is Cl.O=C(CCSc1ccc(Cl)cc1)NCC1CNCC1O. The molecule has 0 radical (unpaired) electrons. The summed E-state index contributed by atoms with van der Waals surface area (Å²) in [7, 11) is 0. The summed E-state index contributed by atoms with van der Waals surface area (Å²) < 4.78 is 0. The average Bonchev–Trinajstić information content (AvgIpc) is 2.84. The highest BCUT2D eigenvalue weighted by molar-refractivity contribution is 7.99. The number of aliphatic hydroxyl groups is 1. The topological polar surface area (TPSA) is 61.4 Å². The number of thioether (sulfide) groups is 1. The van der Waals surface area contributed by atoms with E-state index in [2.05, 4.69) is 10.6 Å². The van der Waals surface area contributed by atoms with E-state index in [-0.39, 0.29) is 30.3 Å². The summed E-state index contributed by atoms with van der Waals surface area (Å²) in [6.45, 7) is 1.92. The molecule has 0 bridgehead atoms. The molecule has 21 heavy (non-hydrogen) atoms. The maximum absolute atomic E-state index is 11.7. The largest absolute Gasteiger partial charge is 0.391 e. The van der Waals surface area contributed by atoms with Crippen molar-refractivity contribution < 1.29 is 9.90 Å². The summed E-state index contributed by atoms with van der Waals surface area (Å²) in [5.74, 6) is 0.896. The molecule has 1 fully saturated rings. The van der Waals surface area contributed by atoms with Crippen molar-refractivity contribution >= 4 is 41.7 Å². The van der Waals surface area contributed by atoms with E-state index in [1.54, 1.807) is 11.8 Å².